The number of hydrogen-bond acceptors (Lipinski definition) is 4. The topological polar surface area (TPSA) is 56.8 Å². The van der Waals surface area contributed by atoms with E-state index in [1.165, 1.54) is 0 Å². The predicted molar refractivity (Wildman–Crippen MR) is 89.0 cm³/mol. The van der Waals surface area contributed by atoms with Crippen LogP contribution in [0.15, 0.2) is 36.4 Å². The third-order valence-electron chi connectivity index (χ3n) is 3.75. The van der Waals surface area contributed by atoms with Gasteiger partial charge in [0, 0.05) is 28.5 Å². The molecule has 0 saturated carbocycles. The summed E-state index contributed by atoms with van der Waals surface area (Å²) in [5.74, 6) is 1.89. The summed E-state index contributed by atoms with van der Waals surface area (Å²) >= 11 is 0. The molecule has 1 N–H and O–H groups in total. The Hall–Kier alpha value is -2.95. The number of nitrogens with one attached hydrogen (secondary N) is 1. The molecule has 0 fully saturated rings. The lowest BCUT2D eigenvalue weighted by Crippen LogP contribution is -2.03. The Kier molecular flexibility index (Phi) is 3.93. The molecule has 0 spiro atoms. The molecule has 0 atom stereocenters. The van der Waals surface area contributed by atoms with E-state index in [2.05, 4.69) is 5.32 Å². The lowest BCUT2D eigenvalue weighted by molar-refractivity contribution is -0.110. The van der Waals surface area contributed by atoms with Gasteiger partial charge in [0.1, 0.15) is 17.2 Å². The first kappa shape index (κ1) is 15.0. The molecule has 0 aliphatic carbocycles. The van der Waals surface area contributed by atoms with Crippen molar-refractivity contribution >= 4 is 23.2 Å². The Morgan fingerprint density at radius 3 is 2.30 bits per heavy atom. The van der Waals surface area contributed by atoms with Crippen molar-refractivity contribution in [2.24, 2.45) is 0 Å². The van der Waals surface area contributed by atoms with Gasteiger partial charge in [0.05, 0.1) is 21.3 Å². The molecule has 0 bridgehead atoms. The highest BCUT2D eigenvalue weighted by atomic mass is 16.5. The van der Waals surface area contributed by atoms with E-state index in [1.54, 1.807) is 33.5 Å². The van der Waals surface area contributed by atoms with Crippen LogP contribution in [0, 0.1) is 0 Å². The molecule has 0 radical (unpaired) electrons. The molecule has 118 valence electrons. The second-order valence-electron chi connectivity index (χ2n) is 5.03. The zero-order valence-electron chi connectivity index (χ0n) is 13.2. The van der Waals surface area contributed by atoms with E-state index in [1.807, 2.05) is 30.3 Å². The van der Waals surface area contributed by atoms with E-state index in [4.69, 9.17) is 14.2 Å². The van der Waals surface area contributed by atoms with Gasteiger partial charge in [0.2, 0.25) is 0 Å². The van der Waals surface area contributed by atoms with Gasteiger partial charge in [-0.1, -0.05) is 0 Å². The summed E-state index contributed by atoms with van der Waals surface area (Å²) in [4.78, 5) is 12.3. The number of hydrogen-bond donors (Lipinski definition) is 1. The Bertz CT molecular complexity index is 796. The summed E-state index contributed by atoms with van der Waals surface area (Å²) < 4.78 is 15.8. The third kappa shape index (κ3) is 2.73. The SMILES string of the molecule is COc1ccc(/C=C2/C(=O)Nc3ccc(OC)cc32)c(OC)c1. The van der Waals surface area contributed by atoms with Crippen molar-refractivity contribution in [2.75, 3.05) is 26.6 Å². The van der Waals surface area contributed by atoms with Crippen LogP contribution in [-0.4, -0.2) is 27.2 Å². The maximum absolute atomic E-state index is 12.3. The molecule has 1 aliphatic heterocycles. The molecule has 1 amide bonds. The number of ether oxygens (including phenoxy) is 3. The van der Waals surface area contributed by atoms with Crippen LogP contribution in [-0.2, 0) is 4.79 Å². The van der Waals surface area contributed by atoms with Crippen molar-refractivity contribution in [3.63, 3.8) is 0 Å². The average Bonchev–Trinajstić information content (AvgIpc) is 2.90. The van der Waals surface area contributed by atoms with Gasteiger partial charge in [-0.25, -0.2) is 0 Å². The van der Waals surface area contributed by atoms with Crippen LogP contribution < -0.4 is 19.5 Å². The number of carbonyl (C=O) groups excluding carboxylic acids is 1. The highest BCUT2D eigenvalue weighted by molar-refractivity contribution is 6.35. The Balaban J connectivity index is 2.09. The molecule has 1 heterocycles. The Morgan fingerprint density at radius 1 is 0.913 bits per heavy atom. The minimum Gasteiger partial charge on any atom is -0.497 e. The van der Waals surface area contributed by atoms with E-state index in [-0.39, 0.29) is 5.91 Å². The second kappa shape index (κ2) is 6.04. The van der Waals surface area contributed by atoms with Crippen molar-refractivity contribution < 1.29 is 19.0 Å². The smallest absolute Gasteiger partial charge is 0.256 e. The lowest BCUT2D eigenvalue weighted by atomic mass is 10.0. The Labute approximate surface area is 134 Å². The van der Waals surface area contributed by atoms with Crippen LogP contribution in [0.2, 0.25) is 0 Å². The fraction of sp³-hybridized carbons (Fsp3) is 0.167. The van der Waals surface area contributed by atoms with Crippen molar-refractivity contribution in [1.82, 2.24) is 0 Å². The molecule has 5 nitrogen and oxygen atoms in total. The van der Waals surface area contributed by atoms with Crippen molar-refractivity contribution in [3.8, 4) is 17.2 Å². The summed E-state index contributed by atoms with van der Waals surface area (Å²) in [5.41, 5.74) is 2.96. The van der Waals surface area contributed by atoms with E-state index in [0.29, 0.717) is 22.8 Å². The van der Waals surface area contributed by atoms with Gasteiger partial charge in [0.25, 0.3) is 5.91 Å². The van der Waals surface area contributed by atoms with E-state index < -0.39 is 0 Å². The van der Waals surface area contributed by atoms with E-state index in [9.17, 15) is 4.79 Å². The van der Waals surface area contributed by atoms with E-state index >= 15 is 0 Å². The summed E-state index contributed by atoms with van der Waals surface area (Å²) in [5, 5.41) is 2.85. The number of anilines is 1. The van der Waals surface area contributed by atoms with Gasteiger partial charge >= 0.3 is 0 Å². The van der Waals surface area contributed by atoms with Crippen molar-refractivity contribution in [1.29, 1.82) is 0 Å². The van der Waals surface area contributed by atoms with Gasteiger partial charge in [0.15, 0.2) is 0 Å². The second-order valence-corrected chi connectivity index (χ2v) is 5.03. The van der Waals surface area contributed by atoms with E-state index in [0.717, 1.165) is 16.8 Å². The number of methoxy groups -OCH3 is 3. The van der Waals surface area contributed by atoms with Gasteiger partial charge in [-0.2, -0.15) is 0 Å². The zero-order chi connectivity index (χ0) is 16.4. The quantitative estimate of drug-likeness (QED) is 0.881. The molecule has 5 heteroatoms. The highest BCUT2D eigenvalue weighted by Gasteiger charge is 2.25. The minimum absolute atomic E-state index is 0.147. The molecular formula is C18H17NO4. The molecular weight excluding hydrogens is 294 g/mol. The molecule has 23 heavy (non-hydrogen) atoms. The molecule has 3 rings (SSSR count). The van der Waals surface area contributed by atoms with Gasteiger partial charge < -0.3 is 19.5 Å². The van der Waals surface area contributed by atoms with Crippen LogP contribution in [0.5, 0.6) is 17.2 Å². The van der Waals surface area contributed by atoms with Gasteiger partial charge in [-0.15, -0.1) is 0 Å². The summed E-state index contributed by atoms with van der Waals surface area (Å²) in [6.45, 7) is 0. The minimum atomic E-state index is -0.147. The first-order chi connectivity index (χ1) is 11.2. The molecule has 2 aromatic carbocycles. The zero-order valence-corrected chi connectivity index (χ0v) is 13.2. The summed E-state index contributed by atoms with van der Waals surface area (Å²) in [6, 6.07) is 11.0. The highest BCUT2D eigenvalue weighted by Crippen LogP contribution is 2.37. The summed E-state index contributed by atoms with van der Waals surface area (Å²) in [6.07, 6.45) is 1.80. The number of amides is 1. The van der Waals surface area contributed by atoms with Crippen LogP contribution in [0.25, 0.3) is 11.6 Å². The van der Waals surface area contributed by atoms with Gasteiger partial charge in [-0.3, -0.25) is 4.79 Å². The maximum Gasteiger partial charge on any atom is 0.256 e. The molecule has 2 aromatic rings. The van der Waals surface area contributed by atoms with Crippen LogP contribution >= 0.6 is 0 Å². The average molecular weight is 311 g/mol. The largest absolute Gasteiger partial charge is 0.497 e. The maximum atomic E-state index is 12.3. The predicted octanol–water partition coefficient (Wildman–Crippen LogP) is 3.21. The first-order valence-corrected chi connectivity index (χ1v) is 7.09. The number of fused-ring (bicyclic) bond motifs is 1. The molecule has 1 aliphatic rings. The number of rotatable bonds is 4. The van der Waals surface area contributed by atoms with Crippen LogP contribution in [0.1, 0.15) is 11.1 Å². The standard InChI is InChI=1S/C18H17NO4/c1-21-12-6-7-16-14(9-12)15(18(20)19-16)8-11-4-5-13(22-2)10-17(11)23-3/h4-10H,1-3H3,(H,19,20)/b15-8+. The number of carbonyl (C=O) groups is 1. The van der Waals surface area contributed by atoms with Crippen molar-refractivity contribution in [3.05, 3.63) is 47.5 Å². The lowest BCUT2D eigenvalue weighted by Gasteiger charge is -2.08. The number of benzene rings is 2. The molecule has 0 unspecified atom stereocenters. The summed E-state index contributed by atoms with van der Waals surface area (Å²) in [7, 11) is 4.78. The normalized spacial score (nSPS) is 14.4. The monoisotopic (exact) mass is 311 g/mol. The van der Waals surface area contributed by atoms with Gasteiger partial charge in [-0.05, 0) is 36.4 Å². The van der Waals surface area contributed by atoms with Crippen molar-refractivity contribution in [2.45, 2.75) is 0 Å². The fourth-order valence-electron chi connectivity index (χ4n) is 2.53. The third-order valence-corrected chi connectivity index (χ3v) is 3.75. The van der Waals surface area contributed by atoms with Crippen LogP contribution in [0.4, 0.5) is 5.69 Å². The fourth-order valence-corrected chi connectivity index (χ4v) is 2.53. The molecule has 0 aromatic heterocycles. The first-order valence-electron chi connectivity index (χ1n) is 7.09. The van der Waals surface area contributed by atoms with Crippen LogP contribution in [0.3, 0.4) is 0 Å². The Morgan fingerprint density at radius 2 is 1.61 bits per heavy atom. The molecule has 0 saturated heterocycles.